The third-order valence-electron chi connectivity index (χ3n) is 3.16. The van der Waals surface area contributed by atoms with E-state index in [1.807, 2.05) is 0 Å². The molecule has 1 saturated heterocycles. The van der Waals surface area contributed by atoms with Crippen LogP contribution in [0.15, 0.2) is 0 Å². The van der Waals surface area contributed by atoms with E-state index < -0.39 is 10.0 Å². The van der Waals surface area contributed by atoms with Gasteiger partial charge >= 0.3 is 0 Å². The summed E-state index contributed by atoms with van der Waals surface area (Å²) in [4.78, 5) is 2.11. The van der Waals surface area contributed by atoms with Gasteiger partial charge in [-0.2, -0.15) is 4.31 Å². The van der Waals surface area contributed by atoms with Crippen LogP contribution in [0.1, 0.15) is 19.8 Å². The summed E-state index contributed by atoms with van der Waals surface area (Å²) in [5.41, 5.74) is 0. The summed E-state index contributed by atoms with van der Waals surface area (Å²) in [6.07, 6.45) is 1.32. The highest BCUT2D eigenvalue weighted by molar-refractivity contribution is 7.90. The van der Waals surface area contributed by atoms with E-state index >= 15 is 0 Å². The maximum absolute atomic E-state index is 11.9. The van der Waals surface area contributed by atoms with E-state index in [9.17, 15) is 13.5 Å². The maximum atomic E-state index is 11.9. The first kappa shape index (κ1) is 12.3. The number of β-amino-alcohol motifs (C(OH)–C–C–N with tert-alkyl or cyclic N) is 1. The number of aliphatic hydroxyl groups excluding tert-OH is 1. The summed E-state index contributed by atoms with van der Waals surface area (Å²) in [5.74, 6) is 0. The predicted octanol–water partition coefficient (Wildman–Crippen LogP) is -0.523. The molecule has 0 amide bonds. The Bertz CT molecular complexity index is 330. The smallest absolute Gasteiger partial charge is 0.217 e. The van der Waals surface area contributed by atoms with E-state index in [0.717, 1.165) is 25.9 Å². The first-order valence-electron chi connectivity index (χ1n) is 5.89. The van der Waals surface area contributed by atoms with E-state index in [1.54, 1.807) is 11.2 Å². The molecule has 0 spiro atoms. The molecule has 1 atom stereocenters. The molecule has 2 aliphatic rings. The van der Waals surface area contributed by atoms with Crippen molar-refractivity contribution in [1.29, 1.82) is 0 Å². The lowest BCUT2D eigenvalue weighted by Crippen LogP contribution is -2.50. The van der Waals surface area contributed by atoms with Gasteiger partial charge in [0.15, 0.2) is 0 Å². The van der Waals surface area contributed by atoms with Crippen molar-refractivity contribution in [2.75, 3.05) is 32.7 Å². The van der Waals surface area contributed by atoms with Crippen molar-refractivity contribution in [3.05, 3.63) is 0 Å². The number of aliphatic hydroxyl groups is 1. The topological polar surface area (TPSA) is 60.9 Å². The fraction of sp³-hybridized carbons (Fsp3) is 1.00. The highest BCUT2D eigenvalue weighted by atomic mass is 32.2. The van der Waals surface area contributed by atoms with E-state index in [0.29, 0.717) is 19.6 Å². The molecular weight excluding hydrogens is 228 g/mol. The average molecular weight is 248 g/mol. The Hall–Kier alpha value is -0.170. The molecule has 0 radical (unpaired) electrons. The van der Waals surface area contributed by atoms with Gasteiger partial charge in [-0.3, -0.25) is 4.90 Å². The van der Waals surface area contributed by atoms with Gasteiger partial charge in [-0.1, -0.05) is 0 Å². The minimum atomic E-state index is -3.00. The number of piperazine rings is 1. The van der Waals surface area contributed by atoms with Gasteiger partial charge in [-0.05, 0) is 19.8 Å². The number of rotatable bonds is 4. The Kier molecular flexibility index (Phi) is 3.53. The van der Waals surface area contributed by atoms with Crippen molar-refractivity contribution < 1.29 is 13.5 Å². The van der Waals surface area contributed by atoms with Crippen LogP contribution in [0.25, 0.3) is 0 Å². The standard InChI is InChI=1S/C10H20N2O3S/c1-9(13)8-11-4-6-12(7-5-11)16(14,15)10-2-3-10/h9-10,13H,2-8H2,1H3/t9-/m0/s1. The highest BCUT2D eigenvalue weighted by Gasteiger charge is 2.40. The summed E-state index contributed by atoms with van der Waals surface area (Å²) in [7, 11) is -3.00. The second-order valence-electron chi connectivity index (χ2n) is 4.79. The maximum Gasteiger partial charge on any atom is 0.217 e. The van der Waals surface area contributed by atoms with Crippen LogP contribution in [0.3, 0.4) is 0 Å². The fourth-order valence-corrected chi connectivity index (χ4v) is 3.94. The Morgan fingerprint density at radius 2 is 1.81 bits per heavy atom. The van der Waals surface area contributed by atoms with Crippen LogP contribution in [-0.4, -0.2) is 66.8 Å². The van der Waals surface area contributed by atoms with Crippen LogP contribution in [0.5, 0.6) is 0 Å². The van der Waals surface area contributed by atoms with Crippen molar-refractivity contribution in [3.63, 3.8) is 0 Å². The zero-order chi connectivity index (χ0) is 11.8. The molecule has 0 bridgehead atoms. The predicted molar refractivity (Wildman–Crippen MR) is 61.6 cm³/mol. The third-order valence-corrected chi connectivity index (χ3v) is 5.56. The van der Waals surface area contributed by atoms with Gasteiger partial charge in [-0.15, -0.1) is 0 Å². The Morgan fingerprint density at radius 3 is 2.25 bits per heavy atom. The SMILES string of the molecule is C[C@H](O)CN1CCN(S(=O)(=O)C2CC2)CC1. The number of nitrogens with zero attached hydrogens (tertiary/aromatic N) is 2. The second-order valence-corrected chi connectivity index (χ2v) is 7.01. The molecule has 2 rings (SSSR count). The quantitative estimate of drug-likeness (QED) is 0.727. The van der Waals surface area contributed by atoms with Crippen molar-refractivity contribution in [2.24, 2.45) is 0 Å². The van der Waals surface area contributed by atoms with Gasteiger partial charge in [0, 0.05) is 32.7 Å². The van der Waals surface area contributed by atoms with Crippen molar-refractivity contribution in [3.8, 4) is 0 Å². The second kappa shape index (κ2) is 4.60. The Labute approximate surface area is 97.1 Å². The van der Waals surface area contributed by atoms with E-state index in [2.05, 4.69) is 4.90 Å². The Morgan fingerprint density at radius 1 is 1.25 bits per heavy atom. The van der Waals surface area contributed by atoms with Crippen LogP contribution in [0.2, 0.25) is 0 Å². The summed E-state index contributed by atoms with van der Waals surface area (Å²) in [6, 6.07) is 0. The summed E-state index contributed by atoms with van der Waals surface area (Å²) in [6.45, 7) is 5.01. The minimum absolute atomic E-state index is 0.101. The molecule has 2 fully saturated rings. The molecule has 1 aliphatic carbocycles. The van der Waals surface area contributed by atoms with Gasteiger partial charge in [0.05, 0.1) is 11.4 Å². The first-order chi connectivity index (χ1) is 7.50. The summed E-state index contributed by atoms with van der Waals surface area (Å²) < 4.78 is 25.5. The highest BCUT2D eigenvalue weighted by Crippen LogP contribution is 2.31. The lowest BCUT2D eigenvalue weighted by atomic mass is 10.3. The van der Waals surface area contributed by atoms with Gasteiger partial charge in [0.1, 0.15) is 0 Å². The number of hydrogen-bond donors (Lipinski definition) is 1. The van der Waals surface area contributed by atoms with Gasteiger partial charge in [0.25, 0.3) is 0 Å². The van der Waals surface area contributed by atoms with E-state index in [-0.39, 0.29) is 11.4 Å². The molecule has 1 heterocycles. The van der Waals surface area contributed by atoms with E-state index in [4.69, 9.17) is 0 Å². The van der Waals surface area contributed by atoms with Gasteiger partial charge in [-0.25, -0.2) is 8.42 Å². The molecule has 1 saturated carbocycles. The van der Waals surface area contributed by atoms with Crippen LogP contribution in [0.4, 0.5) is 0 Å². The third kappa shape index (κ3) is 2.74. The lowest BCUT2D eigenvalue weighted by Gasteiger charge is -2.34. The normalized spacial score (nSPS) is 26.9. The van der Waals surface area contributed by atoms with Crippen molar-refractivity contribution in [2.45, 2.75) is 31.1 Å². The fourth-order valence-electron chi connectivity index (χ4n) is 2.12. The minimum Gasteiger partial charge on any atom is -0.392 e. The first-order valence-corrected chi connectivity index (χ1v) is 7.40. The molecule has 1 N–H and O–H groups in total. The molecule has 0 aromatic carbocycles. The summed E-state index contributed by atoms with van der Waals surface area (Å²) in [5, 5.41) is 9.15. The van der Waals surface area contributed by atoms with Crippen molar-refractivity contribution in [1.82, 2.24) is 9.21 Å². The monoisotopic (exact) mass is 248 g/mol. The molecule has 6 heteroatoms. The molecule has 0 aromatic heterocycles. The average Bonchev–Trinajstić information content (AvgIpc) is 3.00. The molecule has 0 unspecified atom stereocenters. The largest absolute Gasteiger partial charge is 0.392 e. The molecule has 1 aliphatic heterocycles. The molecule has 0 aromatic rings. The van der Waals surface area contributed by atoms with Crippen LogP contribution in [0, 0.1) is 0 Å². The van der Waals surface area contributed by atoms with Crippen LogP contribution >= 0.6 is 0 Å². The van der Waals surface area contributed by atoms with Crippen LogP contribution < -0.4 is 0 Å². The molecule has 5 nitrogen and oxygen atoms in total. The molecular formula is C10H20N2O3S. The summed E-state index contributed by atoms with van der Waals surface area (Å²) >= 11 is 0. The number of sulfonamides is 1. The lowest BCUT2D eigenvalue weighted by molar-refractivity contribution is 0.103. The zero-order valence-electron chi connectivity index (χ0n) is 9.67. The van der Waals surface area contributed by atoms with Crippen LogP contribution in [-0.2, 0) is 10.0 Å². The Balaban J connectivity index is 1.85. The molecule has 16 heavy (non-hydrogen) atoms. The van der Waals surface area contributed by atoms with E-state index in [1.165, 1.54) is 0 Å². The zero-order valence-corrected chi connectivity index (χ0v) is 10.5. The van der Waals surface area contributed by atoms with Crippen molar-refractivity contribution >= 4 is 10.0 Å². The van der Waals surface area contributed by atoms with Gasteiger partial charge < -0.3 is 5.11 Å². The molecule has 94 valence electrons. The number of hydrogen-bond acceptors (Lipinski definition) is 4. The van der Waals surface area contributed by atoms with Gasteiger partial charge in [0.2, 0.25) is 10.0 Å².